The third kappa shape index (κ3) is 5.13. The molecule has 1 saturated heterocycles. The van der Waals surface area contributed by atoms with E-state index >= 15 is 0 Å². The van der Waals surface area contributed by atoms with Gasteiger partial charge in [0.05, 0.1) is 18.9 Å². The molecular formula is C24H25ClN8O2. The van der Waals surface area contributed by atoms with Crippen LogP contribution in [0.15, 0.2) is 54.9 Å². The number of carbonyl (C=O) groups is 1. The van der Waals surface area contributed by atoms with Crippen molar-refractivity contribution in [3.8, 4) is 5.69 Å². The van der Waals surface area contributed by atoms with Gasteiger partial charge in [-0.05, 0) is 42.5 Å². The maximum absolute atomic E-state index is 11.9. The van der Waals surface area contributed by atoms with E-state index in [1.807, 2.05) is 36.4 Å². The second-order valence-corrected chi connectivity index (χ2v) is 8.41. The summed E-state index contributed by atoms with van der Waals surface area (Å²) in [6.45, 7) is 3.24. The summed E-state index contributed by atoms with van der Waals surface area (Å²) >= 11 is 5.66. The molecule has 4 aromatic rings. The highest BCUT2D eigenvalue weighted by molar-refractivity contribution is 6.19. The molecule has 0 saturated carbocycles. The molecule has 0 unspecified atom stereocenters. The minimum atomic E-state index is -0.148. The van der Waals surface area contributed by atoms with Gasteiger partial charge in [0, 0.05) is 42.5 Å². The summed E-state index contributed by atoms with van der Waals surface area (Å²) in [6, 6.07) is 15.5. The van der Waals surface area contributed by atoms with E-state index in [1.165, 1.54) is 0 Å². The lowest BCUT2D eigenvalue weighted by Crippen LogP contribution is -2.36. The molecule has 1 aliphatic heterocycles. The summed E-state index contributed by atoms with van der Waals surface area (Å²) in [5, 5.41) is 6.07. The fourth-order valence-corrected chi connectivity index (χ4v) is 4.09. The Balaban J connectivity index is 1.40. The molecule has 35 heavy (non-hydrogen) atoms. The molecule has 0 atom stereocenters. The van der Waals surface area contributed by atoms with Crippen molar-refractivity contribution in [3.63, 3.8) is 0 Å². The monoisotopic (exact) mass is 492 g/mol. The average molecular weight is 493 g/mol. The number of rotatable bonds is 7. The van der Waals surface area contributed by atoms with Gasteiger partial charge in [0.25, 0.3) is 0 Å². The largest absolute Gasteiger partial charge is 0.382 e. The van der Waals surface area contributed by atoms with Gasteiger partial charge in [-0.2, -0.15) is 9.97 Å². The number of morpholine rings is 1. The highest BCUT2D eigenvalue weighted by Crippen LogP contribution is 2.26. The molecule has 10 nitrogen and oxygen atoms in total. The maximum Gasteiger partial charge on any atom is 0.231 e. The van der Waals surface area contributed by atoms with E-state index in [0.717, 1.165) is 43.4 Å². The Morgan fingerprint density at radius 3 is 2.63 bits per heavy atom. The van der Waals surface area contributed by atoms with Crippen LogP contribution in [-0.4, -0.2) is 57.6 Å². The van der Waals surface area contributed by atoms with E-state index in [2.05, 4.69) is 42.6 Å². The predicted octanol–water partition coefficient (Wildman–Crippen LogP) is 3.55. The van der Waals surface area contributed by atoms with Gasteiger partial charge >= 0.3 is 0 Å². The number of nitrogens with one attached hydrogen (secondary N) is 2. The van der Waals surface area contributed by atoms with Crippen LogP contribution in [0.4, 0.5) is 28.8 Å². The van der Waals surface area contributed by atoms with Gasteiger partial charge in [0.15, 0.2) is 17.0 Å². The van der Waals surface area contributed by atoms with Crippen molar-refractivity contribution >= 4 is 57.5 Å². The summed E-state index contributed by atoms with van der Waals surface area (Å²) in [4.78, 5) is 27.7. The highest BCUT2D eigenvalue weighted by atomic mass is 35.5. The van der Waals surface area contributed by atoms with E-state index < -0.39 is 0 Å². The molecule has 3 heterocycles. The Kier molecular flexibility index (Phi) is 6.64. The fourth-order valence-electron chi connectivity index (χ4n) is 3.92. The van der Waals surface area contributed by atoms with Gasteiger partial charge in [-0.3, -0.25) is 9.36 Å². The number of aromatic nitrogens is 4. The molecular weight excluding hydrogens is 468 g/mol. The van der Waals surface area contributed by atoms with Crippen molar-refractivity contribution in [1.29, 1.82) is 0 Å². The average Bonchev–Trinajstić information content (AvgIpc) is 3.30. The van der Waals surface area contributed by atoms with E-state index in [0.29, 0.717) is 22.8 Å². The van der Waals surface area contributed by atoms with Crippen LogP contribution in [-0.2, 0) is 9.53 Å². The third-order valence-corrected chi connectivity index (χ3v) is 5.84. The summed E-state index contributed by atoms with van der Waals surface area (Å²) in [5.41, 5.74) is 10.7. The van der Waals surface area contributed by atoms with Gasteiger partial charge < -0.3 is 26.0 Å². The number of fused-ring (bicyclic) bond motifs is 1. The number of benzene rings is 2. The molecule has 0 bridgehead atoms. The molecule has 180 valence electrons. The molecule has 1 fully saturated rings. The van der Waals surface area contributed by atoms with Gasteiger partial charge in [0.2, 0.25) is 11.9 Å². The highest BCUT2D eigenvalue weighted by Gasteiger charge is 2.14. The van der Waals surface area contributed by atoms with Crippen molar-refractivity contribution in [3.05, 3.63) is 54.9 Å². The van der Waals surface area contributed by atoms with E-state index in [4.69, 9.17) is 22.1 Å². The smallest absolute Gasteiger partial charge is 0.231 e. The van der Waals surface area contributed by atoms with Crippen molar-refractivity contribution in [2.45, 2.75) is 6.42 Å². The van der Waals surface area contributed by atoms with E-state index in [1.54, 1.807) is 10.9 Å². The van der Waals surface area contributed by atoms with Crippen LogP contribution < -0.4 is 21.3 Å². The van der Waals surface area contributed by atoms with Crippen LogP contribution in [0.1, 0.15) is 6.42 Å². The summed E-state index contributed by atoms with van der Waals surface area (Å²) < 4.78 is 7.23. The Bertz CT molecular complexity index is 1340. The van der Waals surface area contributed by atoms with Crippen molar-refractivity contribution in [1.82, 2.24) is 19.5 Å². The number of nitrogens with two attached hydrogens (primary N) is 1. The summed E-state index contributed by atoms with van der Waals surface area (Å²) in [5.74, 6) is 0.750. The minimum absolute atomic E-state index is 0.148. The van der Waals surface area contributed by atoms with Crippen LogP contribution in [0.3, 0.4) is 0 Å². The zero-order chi connectivity index (χ0) is 24.2. The fraction of sp³-hybridized carbons (Fsp3) is 0.250. The Hall–Kier alpha value is -3.89. The number of hydrogen-bond donors (Lipinski definition) is 3. The lowest BCUT2D eigenvalue weighted by molar-refractivity contribution is -0.115. The Morgan fingerprint density at radius 2 is 1.86 bits per heavy atom. The SMILES string of the molecule is Nc1nc(Nc2ccc(N3CCOCC3)cc2)nc2c1ncn2-c1cccc(NC(=O)CCCl)c1. The number of amides is 1. The number of ether oxygens (including phenoxy) is 1. The molecule has 4 N–H and O–H groups in total. The molecule has 5 rings (SSSR count). The van der Waals surface area contributed by atoms with Crippen molar-refractivity contribution in [2.24, 2.45) is 0 Å². The first-order valence-electron chi connectivity index (χ1n) is 11.3. The number of hydrogen-bond acceptors (Lipinski definition) is 8. The number of nitrogens with zero attached hydrogens (tertiary/aromatic N) is 5. The summed E-state index contributed by atoms with van der Waals surface area (Å²) in [6.07, 6.45) is 1.88. The van der Waals surface area contributed by atoms with Crippen LogP contribution in [0.25, 0.3) is 16.9 Å². The molecule has 2 aromatic carbocycles. The lowest BCUT2D eigenvalue weighted by Gasteiger charge is -2.28. The zero-order valence-electron chi connectivity index (χ0n) is 18.9. The normalized spacial score (nSPS) is 13.7. The number of halogens is 1. The molecule has 1 amide bonds. The van der Waals surface area contributed by atoms with Gasteiger partial charge in [0.1, 0.15) is 6.33 Å². The molecule has 0 aliphatic carbocycles. The molecule has 11 heteroatoms. The van der Waals surface area contributed by atoms with Gasteiger partial charge in [-0.1, -0.05) is 6.07 Å². The standard InChI is InChI=1S/C24H25ClN8O2/c25-9-8-20(34)28-17-2-1-3-19(14-17)33-15-27-21-22(26)30-24(31-23(21)33)29-16-4-6-18(7-5-16)32-10-12-35-13-11-32/h1-7,14-15H,8-13H2,(H,28,34)(H3,26,29,30,31). The number of anilines is 5. The number of imidazole rings is 1. The van der Waals surface area contributed by atoms with Crippen molar-refractivity contribution < 1.29 is 9.53 Å². The number of alkyl halides is 1. The third-order valence-electron chi connectivity index (χ3n) is 5.65. The van der Waals surface area contributed by atoms with Gasteiger partial charge in [-0.15, -0.1) is 11.6 Å². The minimum Gasteiger partial charge on any atom is -0.382 e. The summed E-state index contributed by atoms with van der Waals surface area (Å²) in [7, 11) is 0. The van der Waals surface area contributed by atoms with Crippen LogP contribution in [0.2, 0.25) is 0 Å². The Morgan fingerprint density at radius 1 is 1.06 bits per heavy atom. The first kappa shape index (κ1) is 22.9. The van der Waals surface area contributed by atoms with E-state index in [9.17, 15) is 4.79 Å². The lowest BCUT2D eigenvalue weighted by atomic mass is 10.2. The zero-order valence-corrected chi connectivity index (χ0v) is 19.7. The number of carbonyl (C=O) groups excluding carboxylic acids is 1. The molecule has 0 radical (unpaired) electrons. The molecule has 0 spiro atoms. The predicted molar refractivity (Wildman–Crippen MR) is 138 cm³/mol. The quantitative estimate of drug-likeness (QED) is 0.335. The van der Waals surface area contributed by atoms with Crippen LogP contribution in [0, 0.1) is 0 Å². The van der Waals surface area contributed by atoms with Crippen LogP contribution in [0.5, 0.6) is 0 Å². The second kappa shape index (κ2) is 10.2. The Labute approximate surface area is 207 Å². The van der Waals surface area contributed by atoms with Gasteiger partial charge in [-0.25, -0.2) is 4.98 Å². The maximum atomic E-state index is 11.9. The molecule has 1 aliphatic rings. The second-order valence-electron chi connectivity index (χ2n) is 8.03. The topological polar surface area (TPSA) is 123 Å². The first-order chi connectivity index (χ1) is 17.1. The van der Waals surface area contributed by atoms with Crippen molar-refractivity contribution in [2.75, 3.05) is 53.5 Å². The van der Waals surface area contributed by atoms with Crippen LogP contribution >= 0.6 is 11.6 Å². The first-order valence-corrected chi connectivity index (χ1v) is 11.8. The number of nitrogen functional groups attached to an aromatic ring is 1. The molecule has 2 aromatic heterocycles. The van der Waals surface area contributed by atoms with E-state index in [-0.39, 0.29) is 24.0 Å².